The Hall–Kier alpha value is -0.260. The molecule has 1 heterocycles. The normalized spacial score (nSPS) is 12.4. The average molecular weight is 365 g/mol. The predicted molar refractivity (Wildman–Crippen MR) is 77.7 cm³/mol. The van der Waals surface area contributed by atoms with Gasteiger partial charge in [0.1, 0.15) is 5.75 Å². The lowest BCUT2D eigenvalue weighted by molar-refractivity contribution is 0.414. The third-order valence-electron chi connectivity index (χ3n) is 2.29. The van der Waals surface area contributed by atoms with Crippen LogP contribution in [0.1, 0.15) is 16.5 Å². The number of thiophene rings is 1. The van der Waals surface area contributed by atoms with Crippen LogP contribution < -0.4 is 4.74 Å². The maximum Gasteiger partial charge on any atom is 0.118 e. The molecule has 2 aromatic rings. The minimum atomic E-state index is -0.0781. The van der Waals surface area contributed by atoms with Crippen LogP contribution in [0.5, 0.6) is 5.75 Å². The number of alkyl halides is 1. The Labute approximate surface area is 118 Å². The third kappa shape index (κ3) is 2.70. The van der Waals surface area contributed by atoms with Crippen molar-refractivity contribution in [3.63, 3.8) is 0 Å². The summed E-state index contributed by atoms with van der Waals surface area (Å²) in [6.45, 7) is 0. The molecule has 0 spiro atoms. The molecule has 1 nitrogen and oxygen atoms in total. The SMILES string of the molecule is COc1ccc(C(Cl)c2csc(I)c2)cc1. The maximum absolute atomic E-state index is 6.40. The van der Waals surface area contributed by atoms with Gasteiger partial charge in [0.05, 0.1) is 15.4 Å². The van der Waals surface area contributed by atoms with Crippen LogP contribution in [0.3, 0.4) is 0 Å². The smallest absolute Gasteiger partial charge is 0.118 e. The first kappa shape index (κ1) is 12.2. The standard InChI is InChI=1S/C12H10ClIOS/c1-15-10-4-2-8(3-5-10)12(13)9-6-11(14)16-7-9/h2-7,12H,1H3. The molecule has 0 saturated heterocycles. The number of hydrogen-bond acceptors (Lipinski definition) is 2. The van der Waals surface area contributed by atoms with Crippen molar-refractivity contribution in [3.8, 4) is 5.75 Å². The minimum absolute atomic E-state index is 0.0781. The van der Waals surface area contributed by atoms with Crippen LogP contribution >= 0.6 is 45.5 Å². The van der Waals surface area contributed by atoms with Crippen molar-refractivity contribution < 1.29 is 4.74 Å². The fourth-order valence-electron chi connectivity index (χ4n) is 1.42. The molecule has 4 heteroatoms. The van der Waals surface area contributed by atoms with E-state index in [0.29, 0.717) is 0 Å². The van der Waals surface area contributed by atoms with Gasteiger partial charge in [-0.1, -0.05) is 12.1 Å². The first-order valence-electron chi connectivity index (χ1n) is 4.72. The predicted octanol–water partition coefficient (Wildman–Crippen LogP) is 4.69. The van der Waals surface area contributed by atoms with Gasteiger partial charge in [0, 0.05) is 0 Å². The second-order valence-electron chi connectivity index (χ2n) is 3.32. The zero-order chi connectivity index (χ0) is 11.5. The monoisotopic (exact) mass is 364 g/mol. The molecule has 2 rings (SSSR count). The summed E-state index contributed by atoms with van der Waals surface area (Å²) >= 11 is 10.4. The molecule has 0 aliphatic heterocycles. The first-order chi connectivity index (χ1) is 7.70. The summed E-state index contributed by atoms with van der Waals surface area (Å²) in [5.41, 5.74) is 2.25. The lowest BCUT2D eigenvalue weighted by atomic mass is 10.1. The average Bonchev–Trinajstić information content (AvgIpc) is 2.75. The zero-order valence-electron chi connectivity index (χ0n) is 8.61. The van der Waals surface area contributed by atoms with Crippen LogP contribution in [-0.2, 0) is 0 Å². The highest BCUT2D eigenvalue weighted by Gasteiger charge is 2.12. The highest BCUT2D eigenvalue weighted by molar-refractivity contribution is 14.1. The molecule has 1 aromatic heterocycles. The van der Waals surface area contributed by atoms with E-state index in [1.54, 1.807) is 18.4 Å². The van der Waals surface area contributed by atoms with E-state index >= 15 is 0 Å². The van der Waals surface area contributed by atoms with Crippen LogP contribution in [0.15, 0.2) is 35.7 Å². The molecule has 0 fully saturated rings. The Morgan fingerprint density at radius 3 is 2.44 bits per heavy atom. The molecular formula is C12H10ClIOS. The Bertz CT molecular complexity index is 466. The first-order valence-corrected chi connectivity index (χ1v) is 7.12. The van der Waals surface area contributed by atoms with Gasteiger partial charge in [-0.25, -0.2) is 0 Å². The molecule has 1 atom stereocenters. The number of hydrogen-bond donors (Lipinski definition) is 0. The van der Waals surface area contributed by atoms with E-state index in [9.17, 15) is 0 Å². The summed E-state index contributed by atoms with van der Waals surface area (Å²) in [7, 11) is 1.66. The van der Waals surface area contributed by atoms with Crippen LogP contribution in [0.25, 0.3) is 0 Å². The number of ether oxygens (including phenoxy) is 1. The summed E-state index contributed by atoms with van der Waals surface area (Å²) in [6.07, 6.45) is 0. The number of methoxy groups -OCH3 is 1. The molecule has 1 aromatic carbocycles. The van der Waals surface area contributed by atoms with Gasteiger partial charge in [0.15, 0.2) is 0 Å². The molecule has 1 unspecified atom stereocenters. The summed E-state index contributed by atoms with van der Waals surface area (Å²) in [5.74, 6) is 0.854. The summed E-state index contributed by atoms with van der Waals surface area (Å²) in [4.78, 5) is 0. The lowest BCUT2D eigenvalue weighted by Gasteiger charge is -2.08. The van der Waals surface area contributed by atoms with E-state index in [1.807, 2.05) is 24.3 Å². The number of halogens is 2. The van der Waals surface area contributed by atoms with Crippen molar-refractivity contribution in [1.82, 2.24) is 0 Å². The van der Waals surface area contributed by atoms with E-state index in [-0.39, 0.29) is 5.38 Å². The Morgan fingerprint density at radius 2 is 1.94 bits per heavy atom. The van der Waals surface area contributed by atoms with Crippen molar-refractivity contribution in [2.75, 3.05) is 7.11 Å². The van der Waals surface area contributed by atoms with Crippen molar-refractivity contribution in [1.29, 1.82) is 0 Å². The van der Waals surface area contributed by atoms with Gasteiger partial charge in [-0.05, 0) is 57.3 Å². The van der Waals surface area contributed by atoms with Crippen LogP contribution in [0, 0.1) is 2.88 Å². The van der Waals surface area contributed by atoms with Crippen LogP contribution in [0.2, 0.25) is 0 Å². The Balaban J connectivity index is 2.23. The second-order valence-corrected chi connectivity index (χ2v) is 6.56. The molecule has 0 aliphatic carbocycles. The molecule has 16 heavy (non-hydrogen) atoms. The quantitative estimate of drug-likeness (QED) is 0.567. The van der Waals surface area contributed by atoms with Gasteiger partial charge in [-0.15, -0.1) is 22.9 Å². The van der Waals surface area contributed by atoms with E-state index < -0.39 is 0 Å². The maximum atomic E-state index is 6.40. The molecule has 84 valence electrons. The molecule has 0 saturated carbocycles. The fraction of sp³-hybridized carbons (Fsp3) is 0.167. The highest BCUT2D eigenvalue weighted by atomic mass is 127. The van der Waals surface area contributed by atoms with E-state index in [2.05, 4.69) is 34.0 Å². The van der Waals surface area contributed by atoms with E-state index in [0.717, 1.165) is 16.9 Å². The lowest BCUT2D eigenvalue weighted by Crippen LogP contribution is -1.91. The molecule has 0 amide bonds. The van der Waals surface area contributed by atoms with Gasteiger partial charge >= 0.3 is 0 Å². The third-order valence-corrected chi connectivity index (χ3v) is 4.60. The molecule has 0 N–H and O–H groups in total. The summed E-state index contributed by atoms with van der Waals surface area (Å²) < 4.78 is 6.37. The summed E-state index contributed by atoms with van der Waals surface area (Å²) in [6, 6.07) is 9.99. The molecule has 0 radical (unpaired) electrons. The van der Waals surface area contributed by atoms with Crippen LogP contribution in [0.4, 0.5) is 0 Å². The van der Waals surface area contributed by atoms with E-state index in [4.69, 9.17) is 16.3 Å². The van der Waals surface area contributed by atoms with Crippen molar-refractivity contribution in [3.05, 3.63) is 49.7 Å². The summed E-state index contributed by atoms with van der Waals surface area (Å²) in [5, 5.41) is 2.02. The zero-order valence-corrected chi connectivity index (χ0v) is 12.3. The second kappa shape index (κ2) is 5.38. The molecular weight excluding hydrogens is 355 g/mol. The largest absolute Gasteiger partial charge is 0.497 e. The van der Waals surface area contributed by atoms with Crippen LogP contribution in [-0.4, -0.2) is 7.11 Å². The van der Waals surface area contributed by atoms with Gasteiger partial charge in [-0.3, -0.25) is 0 Å². The van der Waals surface area contributed by atoms with Gasteiger partial charge in [-0.2, -0.15) is 0 Å². The molecule has 0 bridgehead atoms. The molecule has 0 aliphatic rings. The van der Waals surface area contributed by atoms with Crippen molar-refractivity contribution >= 4 is 45.5 Å². The van der Waals surface area contributed by atoms with Crippen molar-refractivity contribution in [2.45, 2.75) is 5.38 Å². The Kier molecular flexibility index (Phi) is 4.10. The topological polar surface area (TPSA) is 9.23 Å². The number of rotatable bonds is 3. The minimum Gasteiger partial charge on any atom is -0.497 e. The van der Waals surface area contributed by atoms with Crippen molar-refractivity contribution in [2.24, 2.45) is 0 Å². The van der Waals surface area contributed by atoms with Gasteiger partial charge in [0.2, 0.25) is 0 Å². The Morgan fingerprint density at radius 1 is 1.25 bits per heavy atom. The van der Waals surface area contributed by atoms with Gasteiger partial charge in [0.25, 0.3) is 0 Å². The number of benzene rings is 1. The fourth-order valence-corrected chi connectivity index (χ4v) is 3.17. The highest BCUT2D eigenvalue weighted by Crippen LogP contribution is 2.32. The van der Waals surface area contributed by atoms with Gasteiger partial charge < -0.3 is 4.74 Å². The van der Waals surface area contributed by atoms with E-state index in [1.165, 1.54) is 2.88 Å².